The Morgan fingerprint density at radius 2 is 2.08 bits per heavy atom. The topological polar surface area (TPSA) is 20.2 Å². The number of hydrogen-bond acceptors (Lipinski definition) is 1. The van der Waals surface area contributed by atoms with Gasteiger partial charge < -0.3 is 5.11 Å². The Labute approximate surface area is 85.7 Å². The molecule has 0 aliphatic rings. The summed E-state index contributed by atoms with van der Waals surface area (Å²) in [5.74, 6) is -0.229. The summed E-state index contributed by atoms with van der Waals surface area (Å²) < 4.78 is 13.1. The molecule has 1 nitrogen and oxygen atoms in total. The second-order valence-electron chi connectivity index (χ2n) is 2.84. The molecular weight excluding hydrogens is 235 g/mol. The summed E-state index contributed by atoms with van der Waals surface area (Å²) in [4.78, 5) is 0. The Balaban J connectivity index is 2.83. The molecule has 0 amide bonds. The van der Waals surface area contributed by atoms with Crippen LogP contribution in [0.4, 0.5) is 4.39 Å². The Morgan fingerprint density at radius 3 is 2.69 bits per heavy atom. The average Bonchev–Trinajstić information content (AvgIpc) is 2.12. The van der Waals surface area contributed by atoms with Gasteiger partial charge in [-0.3, -0.25) is 0 Å². The zero-order chi connectivity index (χ0) is 9.68. The number of aliphatic hydroxyl groups excluding tert-OH is 1. The smallest absolute Gasteiger partial charge is 0.126 e. The molecule has 0 fully saturated rings. The Bertz CT molecular complexity index is 276. The number of aryl methyl sites for hydroxylation is 1. The molecule has 1 rings (SSSR count). The number of benzene rings is 1. The van der Waals surface area contributed by atoms with Crippen molar-refractivity contribution in [3.63, 3.8) is 0 Å². The highest BCUT2D eigenvalue weighted by atomic mass is 79.9. The lowest BCUT2D eigenvalue weighted by atomic mass is 10.1. The van der Waals surface area contributed by atoms with Crippen LogP contribution in [0.3, 0.4) is 0 Å². The van der Waals surface area contributed by atoms with Crippen LogP contribution in [0.5, 0.6) is 0 Å². The van der Waals surface area contributed by atoms with Crippen LogP contribution in [-0.2, 0) is 12.8 Å². The molecule has 0 spiro atoms. The molecule has 13 heavy (non-hydrogen) atoms. The predicted octanol–water partition coefficient (Wildman–Crippen LogP) is 2.30. The summed E-state index contributed by atoms with van der Waals surface area (Å²) in [6.07, 6.45) is 1.28. The molecule has 3 heteroatoms. The van der Waals surface area contributed by atoms with Gasteiger partial charge in [0.25, 0.3) is 0 Å². The van der Waals surface area contributed by atoms with Gasteiger partial charge in [-0.15, -0.1) is 0 Å². The van der Waals surface area contributed by atoms with Crippen LogP contribution in [0.25, 0.3) is 0 Å². The van der Waals surface area contributed by atoms with E-state index in [4.69, 9.17) is 5.11 Å². The van der Waals surface area contributed by atoms with E-state index >= 15 is 0 Å². The third-order valence-corrected chi connectivity index (χ3v) is 2.27. The van der Waals surface area contributed by atoms with E-state index in [0.29, 0.717) is 12.0 Å². The van der Waals surface area contributed by atoms with Crippen molar-refractivity contribution in [3.05, 3.63) is 35.1 Å². The Morgan fingerprint density at radius 1 is 1.31 bits per heavy atom. The van der Waals surface area contributed by atoms with Crippen molar-refractivity contribution in [2.24, 2.45) is 0 Å². The van der Waals surface area contributed by atoms with E-state index in [-0.39, 0.29) is 12.4 Å². The zero-order valence-electron chi connectivity index (χ0n) is 7.26. The van der Waals surface area contributed by atoms with Gasteiger partial charge in [0.05, 0.1) is 0 Å². The molecule has 1 aromatic carbocycles. The molecule has 0 bridgehead atoms. The van der Waals surface area contributed by atoms with E-state index in [2.05, 4.69) is 15.9 Å². The minimum atomic E-state index is -0.229. The average molecular weight is 247 g/mol. The van der Waals surface area contributed by atoms with Crippen LogP contribution in [0.2, 0.25) is 0 Å². The quantitative estimate of drug-likeness (QED) is 0.809. The van der Waals surface area contributed by atoms with E-state index in [1.807, 2.05) is 6.07 Å². The second kappa shape index (κ2) is 5.35. The van der Waals surface area contributed by atoms with E-state index in [9.17, 15) is 4.39 Å². The first-order valence-corrected chi connectivity index (χ1v) is 5.34. The first-order valence-electron chi connectivity index (χ1n) is 4.22. The minimum Gasteiger partial charge on any atom is -0.396 e. The van der Waals surface area contributed by atoms with Crippen molar-refractivity contribution in [1.29, 1.82) is 0 Å². The predicted molar refractivity (Wildman–Crippen MR) is 54.7 cm³/mol. The van der Waals surface area contributed by atoms with Gasteiger partial charge in [-0.05, 0) is 30.0 Å². The summed E-state index contributed by atoms with van der Waals surface area (Å²) in [5, 5.41) is 9.56. The fourth-order valence-electron chi connectivity index (χ4n) is 1.20. The number of rotatable bonds is 4. The lowest BCUT2D eigenvalue weighted by Crippen LogP contribution is -1.97. The van der Waals surface area contributed by atoms with Gasteiger partial charge in [-0.1, -0.05) is 28.1 Å². The monoisotopic (exact) mass is 246 g/mol. The molecule has 1 N–H and O–H groups in total. The van der Waals surface area contributed by atoms with Gasteiger partial charge in [0, 0.05) is 11.9 Å². The fourth-order valence-corrected chi connectivity index (χ4v) is 1.66. The highest BCUT2D eigenvalue weighted by molar-refractivity contribution is 9.09. The van der Waals surface area contributed by atoms with E-state index in [0.717, 1.165) is 17.3 Å². The van der Waals surface area contributed by atoms with Crippen molar-refractivity contribution >= 4 is 15.9 Å². The van der Waals surface area contributed by atoms with Crippen molar-refractivity contribution in [2.75, 3.05) is 11.9 Å². The molecular formula is C10H12BrFO. The molecule has 0 atom stereocenters. The van der Waals surface area contributed by atoms with E-state index < -0.39 is 0 Å². The third kappa shape index (κ3) is 3.08. The van der Waals surface area contributed by atoms with Gasteiger partial charge >= 0.3 is 0 Å². The van der Waals surface area contributed by atoms with Crippen LogP contribution in [0.15, 0.2) is 18.2 Å². The summed E-state index contributed by atoms with van der Waals surface area (Å²) in [6.45, 7) is -0.00527. The van der Waals surface area contributed by atoms with Crippen LogP contribution in [-0.4, -0.2) is 17.0 Å². The van der Waals surface area contributed by atoms with Gasteiger partial charge in [-0.2, -0.15) is 0 Å². The summed E-state index contributed by atoms with van der Waals surface area (Å²) in [5.41, 5.74) is 1.70. The molecule has 0 heterocycles. The first-order chi connectivity index (χ1) is 6.27. The van der Waals surface area contributed by atoms with Crippen molar-refractivity contribution in [1.82, 2.24) is 0 Å². The number of hydrogen-bond donors (Lipinski definition) is 1. The highest BCUT2D eigenvalue weighted by Gasteiger charge is 2.02. The zero-order valence-corrected chi connectivity index (χ0v) is 8.85. The number of alkyl halides is 1. The molecule has 0 aliphatic carbocycles. The largest absolute Gasteiger partial charge is 0.396 e. The minimum absolute atomic E-state index is 0.00527. The normalized spacial score (nSPS) is 10.4. The Hall–Kier alpha value is -0.410. The van der Waals surface area contributed by atoms with Crippen molar-refractivity contribution in [2.45, 2.75) is 12.8 Å². The number of halogens is 2. The molecule has 0 saturated carbocycles. The maximum Gasteiger partial charge on any atom is 0.126 e. The van der Waals surface area contributed by atoms with E-state index in [1.165, 1.54) is 6.07 Å². The van der Waals surface area contributed by atoms with Crippen LogP contribution < -0.4 is 0 Å². The third-order valence-electron chi connectivity index (χ3n) is 1.87. The molecule has 0 radical (unpaired) electrons. The lowest BCUT2D eigenvalue weighted by Gasteiger charge is -2.03. The van der Waals surface area contributed by atoms with Gasteiger partial charge in [0.2, 0.25) is 0 Å². The summed E-state index contributed by atoms with van der Waals surface area (Å²) in [7, 11) is 0. The standard InChI is InChI=1S/C10H12BrFO/c11-5-3-8-1-2-10(12)9(7-8)4-6-13/h1-2,7,13H,3-6H2. The lowest BCUT2D eigenvalue weighted by molar-refractivity contribution is 0.297. The molecule has 0 aliphatic heterocycles. The van der Waals surface area contributed by atoms with Crippen molar-refractivity contribution in [3.8, 4) is 0 Å². The van der Waals surface area contributed by atoms with Crippen molar-refractivity contribution < 1.29 is 9.50 Å². The van der Waals surface area contributed by atoms with Gasteiger partial charge in [-0.25, -0.2) is 4.39 Å². The highest BCUT2D eigenvalue weighted by Crippen LogP contribution is 2.12. The molecule has 72 valence electrons. The van der Waals surface area contributed by atoms with Crippen LogP contribution in [0, 0.1) is 5.82 Å². The molecule has 0 unspecified atom stereocenters. The fraction of sp³-hybridized carbons (Fsp3) is 0.400. The van der Waals surface area contributed by atoms with Gasteiger partial charge in [0.15, 0.2) is 0 Å². The summed E-state index contributed by atoms with van der Waals surface area (Å²) in [6, 6.07) is 5.05. The Kier molecular flexibility index (Phi) is 4.39. The summed E-state index contributed by atoms with van der Waals surface area (Å²) >= 11 is 3.33. The second-order valence-corrected chi connectivity index (χ2v) is 3.63. The van der Waals surface area contributed by atoms with Crippen LogP contribution in [0.1, 0.15) is 11.1 Å². The molecule has 0 aromatic heterocycles. The first kappa shape index (κ1) is 10.7. The maximum atomic E-state index is 13.1. The van der Waals surface area contributed by atoms with Crippen LogP contribution >= 0.6 is 15.9 Å². The SMILES string of the molecule is OCCc1cc(CCBr)ccc1F. The molecule has 1 aromatic rings. The molecule has 0 saturated heterocycles. The number of aliphatic hydroxyl groups is 1. The maximum absolute atomic E-state index is 13.1. The van der Waals surface area contributed by atoms with Gasteiger partial charge in [0.1, 0.15) is 5.82 Å². The van der Waals surface area contributed by atoms with E-state index in [1.54, 1.807) is 6.07 Å².